The summed E-state index contributed by atoms with van der Waals surface area (Å²) in [6.45, 7) is 3.14. The fraction of sp³-hybridized carbons (Fsp3) is 0.294. The molecule has 1 radical (unpaired) electrons. The van der Waals surface area contributed by atoms with Gasteiger partial charge in [-0.3, -0.25) is 0 Å². The SMILES string of the molecule is CCCCCN(c1cc[c]cc1)c1ccc(F)cc1. The van der Waals surface area contributed by atoms with Crippen molar-refractivity contribution in [3.63, 3.8) is 0 Å². The van der Waals surface area contributed by atoms with Crippen LogP contribution in [0.3, 0.4) is 0 Å². The number of benzene rings is 2. The van der Waals surface area contributed by atoms with E-state index in [1.165, 1.54) is 25.0 Å². The highest BCUT2D eigenvalue weighted by molar-refractivity contribution is 5.62. The van der Waals surface area contributed by atoms with E-state index in [1.54, 1.807) is 0 Å². The van der Waals surface area contributed by atoms with Gasteiger partial charge >= 0.3 is 0 Å². The van der Waals surface area contributed by atoms with Gasteiger partial charge in [-0.05, 0) is 48.9 Å². The molecule has 0 saturated heterocycles. The predicted molar refractivity (Wildman–Crippen MR) is 78.2 cm³/mol. The Morgan fingerprint density at radius 3 is 2.21 bits per heavy atom. The van der Waals surface area contributed by atoms with Gasteiger partial charge in [0.1, 0.15) is 5.82 Å². The lowest BCUT2D eigenvalue weighted by Gasteiger charge is -2.25. The second kappa shape index (κ2) is 6.93. The van der Waals surface area contributed by atoms with Crippen LogP contribution in [0.5, 0.6) is 0 Å². The first-order valence-corrected chi connectivity index (χ1v) is 6.80. The molecular weight excluding hydrogens is 237 g/mol. The number of nitrogens with zero attached hydrogens (tertiary/aromatic N) is 1. The van der Waals surface area contributed by atoms with E-state index in [0.717, 1.165) is 24.3 Å². The van der Waals surface area contributed by atoms with Crippen molar-refractivity contribution in [2.45, 2.75) is 26.2 Å². The Hall–Kier alpha value is -1.83. The summed E-state index contributed by atoms with van der Waals surface area (Å²) in [5, 5.41) is 0. The van der Waals surface area contributed by atoms with Gasteiger partial charge in [0.05, 0.1) is 0 Å². The standard InChI is InChI=1S/C17H19FN/c1-2-3-7-14-19(16-8-5-4-6-9-16)17-12-10-15(18)11-13-17/h5-6,8-13H,2-3,7,14H2,1H3. The van der Waals surface area contributed by atoms with Gasteiger partial charge in [-0.25, -0.2) is 4.39 Å². The zero-order valence-corrected chi connectivity index (χ0v) is 11.3. The van der Waals surface area contributed by atoms with E-state index in [9.17, 15) is 4.39 Å². The van der Waals surface area contributed by atoms with Crippen LogP contribution in [0.25, 0.3) is 0 Å². The Kier molecular flexibility index (Phi) is 4.96. The molecule has 2 aromatic rings. The third kappa shape index (κ3) is 3.82. The smallest absolute Gasteiger partial charge is 0.123 e. The Balaban J connectivity index is 2.21. The molecule has 2 rings (SSSR count). The number of unbranched alkanes of at least 4 members (excludes halogenated alkanes) is 2. The Morgan fingerprint density at radius 2 is 1.58 bits per heavy atom. The summed E-state index contributed by atoms with van der Waals surface area (Å²) in [6.07, 6.45) is 3.53. The highest BCUT2D eigenvalue weighted by Crippen LogP contribution is 2.25. The summed E-state index contributed by atoms with van der Waals surface area (Å²) < 4.78 is 13.0. The van der Waals surface area contributed by atoms with Crippen LogP contribution < -0.4 is 4.90 Å². The van der Waals surface area contributed by atoms with Gasteiger partial charge in [-0.2, -0.15) is 0 Å². The van der Waals surface area contributed by atoms with Crippen molar-refractivity contribution in [2.24, 2.45) is 0 Å². The minimum Gasteiger partial charge on any atom is -0.341 e. The Labute approximate surface area is 114 Å². The normalized spacial score (nSPS) is 10.4. The minimum absolute atomic E-state index is 0.196. The summed E-state index contributed by atoms with van der Waals surface area (Å²) in [7, 11) is 0. The number of hydrogen-bond donors (Lipinski definition) is 0. The van der Waals surface area contributed by atoms with Crippen molar-refractivity contribution in [3.05, 3.63) is 60.4 Å². The molecular formula is C17H19FN. The zero-order chi connectivity index (χ0) is 13.5. The van der Waals surface area contributed by atoms with E-state index < -0.39 is 0 Å². The molecule has 0 saturated carbocycles. The van der Waals surface area contributed by atoms with Crippen LogP contribution in [0.15, 0.2) is 48.5 Å². The monoisotopic (exact) mass is 256 g/mol. The molecule has 0 aliphatic heterocycles. The fourth-order valence-electron chi connectivity index (χ4n) is 2.11. The van der Waals surface area contributed by atoms with Crippen molar-refractivity contribution in [3.8, 4) is 0 Å². The van der Waals surface area contributed by atoms with Gasteiger partial charge < -0.3 is 4.90 Å². The molecule has 0 aliphatic rings. The molecule has 0 spiro atoms. The quantitative estimate of drug-likeness (QED) is 0.661. The molecule has 0 unspecified atom stereocenters. The van der Waals surface area contributed by atoms with Crippen LogP contribution in [-0.4, -0.2) is 6.54 Å². The lowest BCUT2D eigenvalue weighted by Crippen LogP contribution is -2.18. The lowest BCUT2D eigenvalue weighted by atomic mass is 10.2. The molecule has 0 bridgehead atoms. The van der Waals surface area contributed by atoms with Gasteiger partial charge in [0.2, 0.25) is 0 Å². The first-order chi connectivity index (χ1) is 9.31. The molecule has 0 amide bonds. The summed E-state index contributed by atoms with van der Waals surface area (Å²) in [5.41, 5.74) is 2.16. The number of halogens is 1. The van der Waals surface area contributed by atoms with Crippen molar-refractivity contribution in [2.75, 3.05) is 11.4 Å². The summed E-state index contributed by atoms with van der Waals surface area (Å²) in [4.78, 5) is 2.23. The second-order valence-electron chi connectivity index (χ2n) is 4.59. The minimum atomic E-state index is -0.196. The lowest BCUT2D eigenvalue weighted by molar-refractivity contribution is 0.627. The maximum atomic E-state index is 13.0. The molecule has 19 heavy (non-hydrogen) atoms. The van der Waals surface area contributed by atoms with Gasteiger partial charge in [0.25, 0.3) is 0 Å². The highest BCUT2D eigenvalue weighted by atomic mass is 19.1. The van der Waals surface area contributed by atoms with Crippen LogP contribution >= 0.6 is 0 Å². The number of anilines is 2. The van der Waals surface area contributed by atoms with E-state index in [1.807, 2.05) is 36.4 Å². The molecule has 0 heterocycles. The van der Waals surface area contributed by atoms with Gasteiger partial charge in [-0.15, -0.1) is 0 Å². The van der Waals surface area contributed by atoms with E-state index in [0.29, 0.717) is 0 Å². The maximum absolute atomic E-state index is 13.0. The molecule has 0 aromatic heterocycles. The number of rotatable bonds is 6. The maximum Gasteiger partial charge on any atom is 0.123 e. The van der Waals surface area contributed by atoms with Gasteiger partial charge in [0.15, 0.2) is 0 Å². The first-order valence-electron chi connectivity index (χ1n) is 6.80. The van der Waals surface area contributed by atoms with Gasteiger partial charge in [0, 0.05) is 17.9 Å². The third-order valence-corrected chi connectivity index (χ3v) is 3.14. The van der Waals surface area contributed by atoms with Crippen LogP contribution in [0, 0.1) is 11.9 Å². The Morgan fingerprint density at radius 1 is 0.947 bits per heavy atom. The van der Waals surface area contributed by atoms with Crippen molar-refractivity contribution < 1.29 is 4.39 Å². The van der Waals surface area contributed by atoms with Crippen LogP contribution in [0.2, 0.25) is 0 Å². The summed E-state index contributed by atoms with van der Waals surface area (Å²) in [6, 6.07) is 17.6. The average molecular weight is 256 g/mol. The molecule has 1 nitrogen and oxygen atoms in total. The van der Waals surface area contributed by atoms with E-state index in [-0.39, 0.29) is 5.82 Å². The average Bonchev–Trinajstić information content (AvgIpc) is 2.46. The van der Waals surface area contributed by atoms with Crippen LogP contribution in [0.4, 0.5) is 15.8 Å². The molecule has 0 aliphatic carbocycles. The van der Waals surface area contributed by atoms with Crippen molar-refractivity contribution >= 4 is 11.4 Å². The second-order valence-corrected chi connectivity index (χ2v) is 4.59. The number of hydrogen-bond acceptors (Lipinski definition) is 1. The molecule has 2 heteroatoms. The summed E-state index contributed by atoms with van der Waals surface area (Å²) >= 11 is 0. The first kappa shape index (κ1) is 13.6. The van der Waals surface area contributed by atoms with Crippen LogP contribution in [-0.2, 0) is 0 Å². The van der Waals surface area contributed by atoms with E-state index in [4.69, 9.17) is 0 Å². The van der Waals surface area contributed by atoms with Crippen molar-refractivity contribution in [1.29, 1.82) is 0 Å². The third-order valence-electron chi connectivity index (χ3n) is 3.14. The predicted octanol–water partition coefficient (Wildman–Crippen LogP) is 4.95. The Bertz CT molecular complexity index is 478. The van der Waals surface area contributed by atoms with Crippen LogP contribution in [0.1, 0.15) is 26.2 Å². The fourth-order valence-corrected chi connectivity index (χ4v) is 2.11. The zero-order valence-electron chi connectivity index (χ0n) is 11.3. The summed E-state index contributed by atoms with van der Waals surface area (Å²) in [5.74, 6) is -0.196. The topological polar surface area (TPSA) is 3.24 Å². The molecule has 99 valence electrons. The van der Waals surface area contributed by atoms with Gasteiger partial charge in [-0.1, -0.05) is 31.9 Å². The molecule has 0 N–H and O–H groups in total. The molecule has 0 atom stereocenters. The highest BCUT2D eigenvalue weighted by Gasteiger charge is 2.08. The van der Waals surface area contributed by atoms with Crippen molar-refractivity contribution in [1.82, 2.24) is 0 Å². The molecule has 2 aromatic carbocycles. The molecule has 0 fully saturated rings. The largest absolute Gasteiger partial charge is 0.341 e. The van der Waals surface area contributed by atoms with E-state index >= 15 is 0 Å². The van der Waals surface area contributed by atoms with E-state index in [2.05, 4.69) is 17.9 Å².